The molecule has 3 aromatic rings. The summed E-state index contributed by atoms with van der Waals surface area (Å²) in [5.74, 6) is 0.770. The van der Waals surface area contributed by atoms with Gasteiger partial charge in [-0.3, -0.25) is 10.1 Å². The monoisotopic (exact) mass is 389 g/mol. The highest BCUT2D eigenvalue weighted by atomic mass is 79.9. The highest BCUT2D eigenvalue weighted by Gasteiger charge is 2.16. The van der Waals surface area contributed by atoms with Crippen molar-refractivity contribution in [2.75, 3.05) is 0 Å². The van der Waals surface area contributed by atoms with Gasteiger partial charge in [-0.05, 0) is 42.8 Å². The number of ether oxygens (including phenoxy) is 1. The first-order valence-electron chi connectivity index (χ1n) is 6.99. The van der Waals surface area contributed by atoms with Crippen molar-refractivity contribution in [3.8, 4) is 17.2 Å². The maximum absolute atomic E-state index is 11.0. The molecule has 2 aromatic carbocycles. The summed E-state index contributed by atoms with van der Waals surface area (Å²) in [5, 5.41) is 18.9. The Hall–Kier alpha value is -2.74. The summed E-state index contributed by atoms with van der Waals surface area (Å²) in [7, 11) is 0. The number of aryl methyl sites for hydroxylation is 1. The van der Waals surface area contributed by atoms with Gasteiger partial charge in [-0.15, -0.1) is 10.2 Å². The average molecular weight is 390 g/mol. The fraction of sp³-hybridized carbons (Fsp3) is 0.125. The second kappa shape index (κ2) is 6.79. The zero-order valence-corrected chi connectivity index (χ0v) is 14.2. The minimum atomic E-state index is -0.490. The van der Waals surface area contributed by atoms with E-state index >= 15 is 0 Å². The van der Waals surface area contributed by atoms with E-state index in [-0.39, 0.29) is 23.9 Å². The minimum Gasteiger partial charge on any atom is -0.477 e. The zero-order chi connectivity index (χ0) is 17.1. The van der Waals surface area contributed by atoms with Crippen molar-refractivity contribution in [3.05, 3.63) is 68.5 Å². The fourth-order valence-corrected chi connectivity index (χ4v) is 2.31. The summed E-state index contributed by atoms with van der Waals surface area (Å²) in [6.45, 7) is 1.78. The molecule has 0 saturated heterocycles. The van der Waals surface area contributed by atoms with Crippen LogP contribution in [-0.4, -0.2) is 15.1 Å². The topological polar surface area (TPSA) is 91.3 Å². The van der Waals surface area contributed by atoms with Crippen LogP contribution in [0.5, 0.6) is 5.75 Å². The molecule has 1 heterocycles. The molecule has 0 aliphatic rings. The van der Waals surface area contributed by atoms with E-state index in [4.69, 9.17) is 9.15 Å². The van der Waals surface area contributed by atoms with Gasteiger partial charge in [0.2, 0.25) is 5.89 Å². The molecule has 0 atom stereocenters. The van der Waals surface area contributed by atoms with Crippen LogP contribution in [0.2, 0.25) is 0 Å². The van der Waals surface area contributed by atoms with Gasteiger partial charge in [0.05, 0.1) is 4.92 Å². The normalized spacial score (nSPS) is 10.6. The van der Waals surface area contributed by atoms with Gasteiger partial charge in [0.15, 0.2) is 12.4 Å². The van der Waals surface area contributed by atoms with E-state index in [0.29, 0.717) is 5.89 Å². The predicted octanol–water partition coefficient (Wildman–Crippen LogP) is 4.29. The predicted molar refractivity (Wildman–Crippen MR) is 89.6 cm³/mol. The van der Waals surface area contributed by atoms with Gasteiger partial charge in [-0.1, -0.05) is 22.0 Å². The number of hydrogen-bond acceptors (Lipinski definition) is 6. The van der Waals surface area contributed by atoms with Crippen LogP contribution in [0.3, 0.4) is 0 Å². The summed E-state index contributed by atoms with van der Waals surface area (Å²) in [5.41, 5.74) is 1.53. The Labute approximate surface area is 145 Å². The Balaban J connectivity index is 1.75. The molecule has 0 aliphatic carbocycles. The van der Waals surface area contributed by atoms with Gasteiger partial charge in [-0.2, -0.15) is 0 Å². The molecule has 8 heteroatoms. The number of rotatable bonds is 5. The van der Waals surface area contributed by atoms with E-state index in [1.165, 1.54) is 6.07 Å². The fourth-order valence-electron chi connectivity index (χ4n) is 2.05. The van der Waals surface area contributed by atoms with Crippen molar-refractivity contribution in [2.45, 2.75) is 13.5 Å². The van der Waals surface area contributed by atoms with Gasteiger partial charge >= 0.3 is 5.69 Å². The van der Waals surface area contributed by atoms with E-state index in [1.54, 1.807) is 12.1 Å². The second-order valence-electron chi connectivity index (χ2n) is 5.02. The maximum Gasteiger partial charge on any atom is 0.310 e. The lowest BCUT2D eigenvalue weighted by atomic mass is 10.2. The van der Waals surface area contributed by atoms with Crippen LogP contribution in [0.15, 0.2) is 51.4 Å². The van der Waals surface area contributed by atoms with E-state index in [1.807, 2.05) is 31.2 Å². The van der Waals surface area contributed by atoms with Crippen LogP contribution in [0, 0.1) is 17.0 Å². The molecule has 0 saturated carbocycles. The first kappa shape index (κ1) is 16.1. The molecule has 0 fully saturated rings. The third-order valence-electron chi connectivity index (χ3n) is 3.22. The number of aromatic nitrogens is 2. The van der Waals surface area contributed by atoms with Crippen LogP contribution in [0.4, 0.5) is 5.69 Å². The lowest BCUT2D eigenvalue weighted by Crippen LogP contribution is -1.99. The maximum atomic E-state index is 11.0. The van der Waals surface area contributed by atoms with Gasteiger partial charge in [0.1, 0.15) is 0 Å². The summed E-state index contributed by atoms with van der Waals surface area (Å²) < 4.78 is 12.0. The summed E-state index contributed by atoms with van der Waals surface area (Å²) >= 11 is 3.36. The Kier molecular flexibility index (Phi) is 4.57. The molecule has 3 rings (SSSR count). The van der Waals surface area contributed by atoms with Crippen LogP contribution in [-0.2, 0) is 6.61 Å². The summed E-state index contributed by atoms with van der Waals surface area (Å²) in [6.07, 6.45) is 0. The van der Waals surface area contributed by atoms with Crippen LogP contribution < -0.4 is 4.74 Å². The van der Waals surface area contributed by atoms with Gasteiger partial charge in [-0.25, -0.2) is 0 Å². The Bertz CT molecular complexity index is 877. The van der Waals surface area contributed by atoms with Crippen LogP contribution in [0.1, 0.15) is 11.5 Å². The standard InChI is InChI=1S/C16H12BrN3O4/c1-10-2-7-13(20(21)22)14(8-10)23-9-15-18-19-16(24-15)11-3-5-12(17)6-4-11/h2-8H,9H2,1H3. The number of nitro benzene ring substituents is 1. The first-order chi connectivity index (χ1) is 11.5. The number of hydrogen-bond donors (Lipinski definition) is 0. The Morgan fingerprint density at radius 3 is 2.67 bits per heavy atom. The van der Waals surface area contributed by atoms with Crippen molar-refractivity contribution < 1.29 is 14.1 Å². The molecule has 0 bridgehead atoms. The van der Waals surface area contributed by atoms with Crippen molar-refractivity contribution in [1.29, 1.82) is 0 Å². The van der Waals surface area contributed by atoms with Crippen molar-refractivity contribution in [2.24, 2.45) is 0 Å². The highest BCUT2D eigenvalue weighted by Crippen LogP contribution is 2.28. The molecule has 0 amide bonds. The lowest BCUT2D eigenvalue weighted by Gasteiger charge is -2.05. The van der Waals surface area contributed by atoms with E-state index in [9.17, 15) is 10.1 Å². The van der Waals surface area contributed by atoms with Crippen LogP contribution >= 0.6 is 15.9 Å². The molecule has 0 spiro atoms. The summed E-state index contributed by atoms with van der Waals surface area (Å²) in [6, 6.07) is 12.1. The lowest BCUT2D eigenvalue weighted by molar-refractivity contribution is -0.386. The molecule has 0 radical (unpaired) electrons. The largest absolute Gasteiger partial charge is 0.477 e. The number of halogens is 1. The molecule has 0 N–H and O–H groups in total. The Morgan fingerprint density at radius 1 is 1.21 bits per heavy atom. The molecule has 0 aliphatic heterocycles. The van der Waals surface area contributed by atoms with Crippen molar-refractivity contribution >= 4 is 21.6 Å². The van der Waals surface area contributed by atoms with Gasteiger partial charge < -0.3 is 9.15 Å². The summed E-state index contributed by atoms with van der Waals surface area (Å²) in [4.78, 5) is 10.5. The SMILES string of the molecule is Cc1ccc([N+](=O)[O-])c(OCc2nnc(-c3ccc(Br)cc3)o2)c1. The van der Waals surface area contributed by atoms with E-state index in [2.05, 4.69) is 26.1 Å². The van der Waals surface area contributed by atoms with Crippen molar-refractivity contribution in [1.82, 2.24) is 10.2 Å². The third kappa shape index (κ3) is 3.60. The molecular weight excluding hydrogens is 378 g/mol. The minimum absolute atomic E-state index is 0.0478. The van der Waals surface area contributed by atoms with Gasteiger partial charge in [0, 0.05) is 16.1 Å². The van der Waals surface area contributed by atoms with Gasteiger partial charge in [0.25, 0.3) is 5.89 Å². The Morgan fingerprint density at radius 2 is 1.96 bits per heavy atom. The molecule has 24 heavy (non-hydrogen) atoms. The molecule has 0 unspecified atom stereocenters. The molecular formula is C16H12BrN3O4. The first-order valence-corrected chi connectivity index (χ1v) is 7.78. The molecule has 7 nitrogen and oxygen atoms in total. The van der Waals surface area contributed by atoms with Crippen LogP contribution in [0.25, 0.3) is 11.5 Å². The number of nitro groups is 1. The zero-order valence-electron chi connectivity index (χ0n) is 12.6. The highest BCUT2D eigenvalue weighted by molar-refractivity contribution is 9.10. The van der Waals surface area contributed by atoms with E-state index in [0.717, 1.165) is 15.6 Å². The molecule has 122 valence electrons. The second-order valence-corrected chi connectivity index (χ2v) is 5.94. The number of benzene rings is 2. The van der Waals surface area contributed by atoms with E-state index < -0.39 is 4.92 Å². The third-order valence-corrected chi connectivity index (χ3v) is 3.75. The van der Waals surface area contributed by atoms with Crippen molar-refractivity contribution in [3.63, 3.8) is 0 Å². The molecule has 1 aromatic heterocycles. The quantitative estimate of drug-likeness (QED) is 0.477. The smallest absolute Gasteiger partial charge is 0.310 e. The number of nitrogens with zero attached hydrogens (tertiary/aromatic N) is 3. The average Bonchev–Trinajstić information content (AvgIpc) is 3.02.